The Morgan fingerprint density at radius 1 is 1.00 bits per heavy atom. The molecule has 1 aliphatic rings. The number of halogens is 2. The molecule has 5 rings (SSSR count). The van der Waals surface area contributed by atoms with E-state index in [-0.39, 0.29) is 42.4 Å². The number of carbonyl (C=O) groups excluding carboxylic acids is 1. The predicted octanol–water partition coefficient (Wildman–Crippen LogP) is 5.92. The quantitative estimate of drug-likeness (QED) is 0.309. The second-order valence-corrected chi connectivity index (χ2v) is 9.47. The molecule has 3 aromatic carbocycles. The number of hydrogen-bond donors (Lipinski definition) is 2. The molecule has 0 fully saturated rings. The number of hydrazone groups is 1. The van der Waals surface area contributed by atoms with Crippen LogP contribution in [0.1, 0.15) is 42.9 Å². The third-order valence-electron chi connectivity index (χ3n) is 6.55. The highest BCUT2D eigenvalue weighted by Crippen LogP contribution is 2.38. The lowest BCUT2D eigenvalue weighted by Gasteiger charge is -2.22. The molecule has 38 heavy (non-hydrogen) atoms. The van der Waals surface area contributed by atoms with Crippen LogP contribution in [0.2, 0.25) is 5.02 Å². The zero-order chi connectivity index (χ0) is 26.8. The minimum Gasteiger partial charge on any atom is -0.481 e. The third-order valence-corrected chi connectivity index (χ3v) is 6.81. The van der Waals surface area contributed by atoms with Gasteiger partial charge in [-0.25, -0.2) is 9.40 Å². The Kier molecular flexibility index (Phi) is 7.07. The number of benzene rings is 3. The summed E-state index contributed by atoms with van der Waals surface area (Å²) in [6.07, 6.45) is -0.0303. The van der Waals surface area contributed by atoms with Gasteiger partial charge in [0.15, 0.2) is 0 Å². The van der Waals surface area contributed by atoms with Gasteiger partial charge in [-0.2, -0.15) is 5.10 Å². The second kappa shape index (κ2) is 10.6. The van der Waals surface area contributed by atoms with E-state index in [1.54, 1.807) is 36.4 Å². The summed E-state index contributed by atoms with van der Waals surface area (Å²) in [4.78, 5) is 40.6. The van der Waals surface area contributed by atoms with Gasteiger partial charge in [0.2, 0.25) is 5.91 Å². The van der Waals surface area contributed by atoms with E-state index < -0.39 is 23.7 Å². The minimum atomic E-state index is -1.01. The molecule has 2 N–H and O–H groups in total. The lowest BCUT2D eigenvalue weighted by Crippen LogP contribution is -2.27. The highest BCUT2D eigenvalue weighted by Gasteiger charge is 2.36. The molecular formula is C29H23ClFN3O4. The fourth-order valence-electron chi connectivity index (χ4n) is 4.82. The van der Waals surface area contributed by atoms with Crippen molar-refractivity contribution in [3.63, 3.8) is 0 Å². The summed E-state index contributed by atoms with van der Waals surface area (Å²) in [6.45, 7) is 0. The summed E-state index contributed by atoms with van der Waals surface area (Å²) >= 11 is 6.12. The molecule has 0 saturated heterocycles. The molecule has 0 aliphatic carbocycles. The highest BCUT2D eigenvalue weighted by atomic mass is 35.5. The van der Waals surface area contributed by atoms with Gasteiger partial charge in [0.25, 0.3) is 5.56 Å². The first kappa shape index (κ1) is 25.4. The summed E-state index contributed by atoms with van der Waals surface area (Å²) in [6, 6.07) is 19.8. The lowest BCUT2D eigenvalue weighted by molar-refractivity contribution is -0.137. The molecule has 192 valence electrons. The van der Waals surface area contributed by atoms with Crippen LogP contribution in [0.4, 0.5) is 4.39 Å². The van der Waals surface area contributed by atoms with Gasteiger partial charge in [-0.15, -0.1) is 0 Å². The maximum atomic E-state index is 14.9. The first-order valence-corrected chi connectivity index (χ1v) is 12.5. The predicted molar refractivity (Wildman–Crippen MR) is 144 cm³/mol. The summed E-state index contributed by atoms with van der Waals surface area (Å²) in [5, 5.41) is 16.1. The smallest absolute Gasteiger partial charge is 0.303 e. The lowest BCUT2D eigenvalue weighted by atomic mass is 9.91. The molecule has 0 saturated carbocycles. The second-order valence-electron chi connectivity index (χ2n) is 9.03. The van der Waals surface area contributed by atoms with E-state index in [1.165, 1.54) is 11.1 Å². The monoisotopic (exact) mass is 531 g/mol. The number of aromatic nitrogens is 1. The molecule has 2 heterocycles. The zero-order valence-corrected chi connectivity index (χ0v) is 20.9. The van der Waals surface area contributed by atoms with Crippen LogP contribution in [-0.4, -0.2) is 32.7 Å². The van der Waals surface area contributed by atoms with Crippen molar-refractivity contribution in [1.29, 1.82) is 0 Å². The Balaban J connectivity index is 1.66. The van der Waals surface area contributed by atoms with Crippen molar-refractivity contribution < 1.29 is 19.1 Å². The summed E-state index contributed by atoms with van der Waals surface area (Å²) in [7, 11) is 0. The Morgan fingerprint density at radius 3 is 2.45 bits per heavy atom. The first-order chi connectivity index (χ1) is 18.3. The van der Waals surface area contributed by atoms with Crippen LogP contribution >= 0.6 is 11.6 Å². The standard InChI is InChI=1S/C29H23ClFN3O4/c30-18-14-12-17(13-15-18)27-20-7-2-4-9-22(20)32-29(38)28(27)23-16-24(19-6-1-3-8-21(19)31)34(33-23)25(35)10-5-11-26(36)37/h1-4,6-9,12-15,24H,5,10-11,16H2,(H,32,38)(H,36,37). The van der Waals surface area contributed by atoms with Gasteiger partial charge in [0.05, 0.1) is 17.3 Å². The van der Waals surface area contributed by atoms with Crippen molar-refractivity contribution in [2.45, 2.75) is 31.7 Å². The van der Waals surface area contributed by atoms with E-state index in [0.29, 0.717) is 21.8 Å². The fraction of sp³-hybridized carbons (Fsp3) is 0.172. The molecule has 0 bridgehead atoms. The summed E-state index contributed by atoms with van der Waals surface area (Å²) < 4.78 is 14.9. The number of pyridine rings is 1. The molecule has 0 spiro atoms. The summed E-state index contributed by atoms with van der Waals surface area (Å²) in [5.74, 6) is -1.95. The van der Waals surface area contributed by atoms with E-state index in [4.69, 9.17) is 16.7 Å². The number of para-hydroxylation sites is 1. The molecule has 1 aromatic heterocycles. The SMILES string of the molecule is O=C(O)CCCC(=O)N1N=C(c2c(-c3ccc(Cl)cc3)c3ccccc3[nH]c2=O)CC1c1ccccc1F. The number of rotatable bonds is 7. The fourth-order valence-corrected chi connectivity index (χ4v) is 4.95. The van der Waals surface area contributed by atoms with Crippen LogP contribution in [0.5, 0.6) is 0 Å². The number of nitrogens with one attached hydrogen (secondary N) is 1. The molecule has 1 aliphatic heterocycles. The number of aromatic amines is 1. The van der Waals surface area contributed by atoms with E-state index in [9.17, 15) is 18.8 Å². The number of H-pyrrole nitrogens is 1. The Bertz CT molecular complexity index is 1630. The third kappa shape index (κ3) is 4.95. The number of hydrogen-bond acceptors (Lipinski definition) is 4. The molecule has 0 radical (unpaired) electrons. The van der Waals surface area contributed by atoms with Crippen LogP contribution < -0.4 is 5.56 Å². The number of fused-ring (bicyclic) bond motifs is 1. The number of carboxylic acid groups (broad SMARTS) is 1. The van der Waals surface area contributed by atoms with E-state index in [0.717, 1.165) is 10.9 Å². The van der Waals surface area contributed by atoms with E-state index in [2.05, 4.69) is 10.1 Å². The number of aliphatic carboxylic acids is 1. The van der Waals surface area contributed by atoms with Gasteiger partial charge in [-0.05, 0) is 36.2 Å². The highest BCUT2D eigenvalue weighted by molar-refractivity contribution is 6.30. The number of carboxylic acids is 1. The molecule has 9 heteroatoms. The first-order valence-electron chi connectivity index (χ1n) is 12.1. The van der Waals surface area contributed by atoms with Crippen LogP contribution in [0.3, 0.4) is 0 Å². The van der Waals surface area contributed by atoms with E-state index >= 15 is 0 Å². The van der Waals surface area contributed by atoms with Crippen molar-refractivity contribution >= 4 is 40.1 Å². The average Bonchev–Trinajstić information content (AvgIpc) is 3.33. The average molecular weight is 532 g/mol. The van der Waals surface area contributed by atoms with Gasteiger partial charge < -0.3 is 10.1 Å². The van der Waals surface area contributed by atoms with Gasteiger partial charge in [0.1, 0.15) is 5.82 Å². The van der Waals surface area contributed by atoms with Gasteiger partial charge in [-0.1, -0.05) is 60.1 Å². The normalized spacial score (nSPS) is 15.1. The topological polar surface area (TPSA) is 103 Å². The molecule has 4 aromatic rings. The maximum Gasteiger partial charge on any atom is 0.303 e. The van der Waals surface area contributed by atoms with Gasteiger partial charge in [-0.3, -0.25) is 14.4 Å². The van der Waals surface area contributed by atoms with Crippen LogP contribution in [0.15, 0.2) is 82.7 Å². The van der Waals surface area contributed by atoms with Gasteiger partial charge >= 0.3 is 5.97 Å². The Morgan fingerprint density at radius 2 is 1.71 bits per heavy atom. The van der Waals surface area contributed by atoms with Crippen molar-refractivity contribution in [3.05, 3.63) is 105 Å². The number of amides is 1. The van der Waals surface area contributed by atoms with Crippen molar-refractivity contribution in [2.24, 2.45) is 5.10 Å². The van der Waals surface area contributed by atoms with Crippen molar-refractivity contribution in [2.75, 3.05) is 0 Å². The molecular weight excluding hydrogens is 509 g/mol. The Labute approximate surface area is 222 Å². The maximum absolute atomic E-state index is 14.9. The zero-order valence-electron chi connectivity index (χ0n) is 20.2. The van der Waals surface area contributed by atoms with Crippen LogP contribution in [0.25, 0.3) is 22.0 Å². The molecule has 7 nitrogen and oxygen atoms in total. The van der Waals surface area contributed by atoms with Gasteiger partial charge in [0, 0.05) is 46.3 Å². The minimum absolute atomic E-state index is 0.0772. The molecule has 1 unspecified atom stereocenters. The van der Waals surface area contributed by atoms with Crippen LogP contribution in [-0.2, 0) is 9.59 Å². The van der Waals surface area contributed by atoms with Crippen molar-refractivity contribution in [1.82, 2.24) is 9.99 Å². The largest absolute Gasteiger partial charge is 0.481 e. The molecule has 1 atom stereocenters. The van der Waals surface area contributed by atoms with Crippen LogP contribution in [0, 0.1) is 5.82 Å². The van der Waals surface area contributed by atoms with E-state index in [1.807, 2.05) is 30.3 Å². The molecule has 1 amide bonds. The number of carbonyl (C=O) groups is 2. The number of nitrogens with zero attached hydrogens (tertiary/aromatic N) is 2. The summed E-state index contributed by atoms with van der Waals surface area (Å²) in [5.41, 5.74) is 2.50. The Hall–Kier alpha value is -4.30. The van der Waals surface area contributed by atoms with Crippen molar-refractivity contribution in [3.8, 4) is 11.1 Å².